The highest BCUT2D eigenvalue weighted by molar-refractivity contribution is 9.10. The minimum atomic E-state index is -1.04. The molecule has 0 spiro atoms. The molecule has 0 unspecified atom stereocenters. The number of aromatic carboxylic acids is 1. The molecule has 2 aromatic rings. The van der Waals surface area contributed by atoms with Crippen molar-refractivity contribution in [2.45, 2.75) is 20.5 Å². The molecule has 0 bridgehead atoms. The van der Waals surface area contributed by atoms with Gasteiger partial charge in [0.15, 0.2) is 11.5 Å². The molecular formula is C13H13BrN2O5. The average molecular weight is 357 g/mol. The van der Waals surface area contributed by atoms with Gasteiger partial charge < -0.3 is 14.6 Å². The third-order valence-electron chi connectivity index (χ3n) is 2.66. The van der Waals surface area contributed by atoms with Crippen molar-refractivity contribution in [1.29, 1.82) is 0 Å². The first kappa shape index (κ1) is 15.3. The normalized spacial score (nSPS) is 10.4. The molecule has 1 aromatic heterocycles. The van der Waals surface area contributed by atoms with E-state index in [2.05, 4.69) is 30.9 Å². The first-order valence-corrected chi connectivity index (χ1v) is 6.92. The van der Waals surface area contributed by atoms with Gasteiger partial charge in [0, 0.05) is 0 Å². The maximum Gasteiger partial charge on any atom is 0.335 e. The van der Waals surface area contributed by atoms with Crippen molar-refractivity contribution in [2.24, 2.45) is 0 Å². The largest absolute Gasteiger partial charge is 0.490 e. The van der Waals surface area contributed by atoms with Crippen molar-refractivity contribution in [3.05, 3.63) is 33.6 Å². The summed E-state index contributed by atoms with van der Waals surface area (Å²) < 4.78 is 16.2. The van der Waals surface area contributed by atoms with Crippen LogP contribution in [0.3, 0.4) is 0 Å². The van der Waals surface area contributed by atoms with Gasteiger partial charge in [0.1, 0.15) is 18.0 Å². The van der Waals surface area contributed by atoms with E-state index >= 15 is 0 Å². The van der Waals surface area contributed by atoms with Crippen molar-refractivity contribution < 1.29 is 24.0 Å². The number of hydrogen-bond donors (Lipinski definition) is 1. The van der Waals surface area contributed by atoms with E-state index in [0.29, 0.717) is 34.0 Å². The fraction of sp³-hybridized carbons (Fsp3) is 0.308. The summed E-state index contributed by atoms with van der Waals surface area (Å²) in [6.07, 6.45) is 0. The molecule has 0 atom stereocenters. The zero-order valence-electron chi connectivity index (χ0n) is 11.4. The van der Waals surface area contributed by atoms with Crippen LogP contribution < -0.4 is 9.47 Å². The number of carboxylic acid groups (broad SMARTS) is 1. The second kappa shape index (κ2) is 6.57. The summed E-state index contributed by atoms with van der Waals surface area (Å²) >= 11 is 3.29. The van der Waals surface area contributed by atoms with Crippen LogP contribution in [0.25, 0.3) is 0 Å². The van der Waals surface area contributed by atoms with Crippen LogP contribution in [0.2, 0.25) is 0 Å². The molecule has 0 fully saturated rings. The van der Waals surface area contributed by atoms with E-state index in [1.165, 1.54) is 12.1 Å². The summed E-state index contributed by atoms with van der Waals surface area (Å²) in [4.78, 5) is 11.1. The second-order valence-corrected chi connectivity index (χ2v) is 4.96. The molecular weight excluding hydrogens is 344 g/mol. The predicted molar refractivity (Wildman–Crippen MR) is 75.6 cm³/mol. The van der Waals surface area contributed by atoms with E-state index in [-0.39, 0.29) is 12.2 Å². The molecule has 0 aliphatic carbocycles. The molecule has 0 radical (unpaired) electrons. The molecule has 21 heavy (non-hydrogen) atoms. The highest BCUT2D eigenvalue weighted by atomic mass is 79.9. The first-order chi connectivity index (χ1) is 10.0. The summed E-state index contributed by atoms with van der Waals surface area (Å²) in [5.41, 5.74) is 1.30. The maximum absolute atomic E-state index is 11.1. The first-order valence-electron chi connectivity index (χ1n) is 6.13. The molecule has 0 amide bonds. The fourth-order valence-electron chi connectivity index (χ4n) is 1.62. The predicted octanol–water partition coefficient (Wildman–Crippen LogP) is 2.82. The van der Waals surface area contributed by atoms with Crippen molar-refractivity contribution in [3.63, 3.8) is 0 Å². The van der Waals surface area contributed by atoms with Gasteiger partial charge in [-0.25, -0.2) is 9.42 Å². The lowest BCUT2D eigenvalue weighted by atomic mass is 10.2. The molecule has 112 valence electrons. The fourth-order valence-corrected chi connectivity index (χ4v) is 2.17. The number of rotatable bonds is 6. The molecule has 1 heterocycles. The number of hydrogen-bond acceptors (Lipinski definition) is 6. The molecule has 7 nitrogen and oxygen atoms in total. The van der Waals surface area contributed by atoms with Crippen LogP contribution in [0.15, 0.2) is 21.2 Å². The lowest BCUT2D eigenvalue weighted by molar-refractivity contribution is 0.0696. The molecule has 0 aliphatic heterocycles. The van der Waals surface area contributed by atoms with E-state index in [4.69, 9.17) is 14.6 Å². The number of aryl methyl sites for hydroxylation is 1. The van der Waals surface area contributed by atoms with Gasteiger partial charge in [-0.2, -0.15) is 0 Å². The average Bonchev–Trinajstić information content (AvgIpc) is 2.83. The van der Waals surface area contributed by atoms with E-state index in [9.17, 15) is 4.79 Å². The Morgan fingerprint density at radius 1 is 1.38 bits per heavy atom. The van der Waals surface area contributed by atoms with Crippen LogP contribution in [-0.4, -0.2) is 28.0 Å². The number of ether oxygens (including phenoxy) is 2. The Morgan fingerprint density at radius 3 is 2.71 bits per heavy atom. The van der Waals surface area contributed by atoms with Crippen molar-refractivity contribution >= 4 is 21.9 Å². The Morgan fingerprint density at radius 2 is 2.14 bits per heavy atom. The topological polar surface area (TPSA) is 94.7 Å². The van der Waals surface area contributed by atoms with Crippen molar-refractivity contribution in [1.82, 2.24) is 10.3 Å². The van der Waals surface area contributed by atoms with Crippen LogP contribution >= 0.6 is 15.9 Å². The van der Waals surface area contributed by atoms with Gasteiger partial charge in [0.05, 0.1) is 16.6 Å². The van der Waals surface area contributed by atoms with Crippen LogP contribution in [0.5, 0.6) is 11.5 Å². The summed E-state index contributed by atoms with van der Waals surface area (Å²) in [7, 11) is 0. The summed E-state index contributed by atoms with van der Waals surface area (Å²) in [5.74, 6) is -0.289. The third kappa shape index (κ3) is 3.52. The third-order valence-corrected chi connectivity index (χ3v) is 3.24. The molecule has 1 N–H and O–H groups in total. The van der Waals surface area contributed by atoms with Gasteiger partial charge in [0.2, 0.25) is 0 Å². The lowest BCUT2D eigenvalue weighted by Gasteiger charge is -2.13. The van der Waals surface area contributed by atoms with Crippen molar-refractivity contribution in [3.8, 4) is 11.5 Å². The SMILES string of the molecule is CCOc1cc(C(=O)O)cc(Br)c1OCc1nonc1C. The molecule has 1 aromatic carbocycles. The van der Waals surface area contributed by atoms with Crippen molar-refractivity contribution in [2.75, 3.05) is 6.61 Å². The van der Waals surface area contributed by atoms with Gasteiger partial charge in [-0.1, -0.05) is 10.3 Å². The van der Waals surface area contributed by atoms with E-state index in [1.807, 2.05) is 0 Å². The Hall–Kier alpha value is -2.09. The van der Waals surface area contributed by atoms with E-state index < -0.39 is 5.97 Å². The van der Waals surface area contributed by atoms with Crippen LogP contribution in [0, 0.1) is 6.92 Å². The molecule has 2 rings (SSSR count). The van der Waals surface area contributed by atoms with Crippen LogP contribution in [0.4, 0.5) is 0 Å². The van der Waals surface area contributed by atoms with Crippen LogP contribution in [0.1, 0.15) is 28.7 Å². The Balaban J connectivity index is 2.28. The Labute approximate surface area is 128 Å². The second-order valence-electron chi connectivity index (χ2n) is 4.11. The highest BCUT2D eigenvalue weighted by Gasteiger charge is 2.16. The zero-order valence-corrected chi connectivity index (χ0v) is 13.0. The summed E-state index contributed by atoms with van der Waals surface area (Å²) in [6.45, 7) is 4.08. The molecule has 0 saturated carbocycles. The van der Waals surface area contributed by atoms with Gasteiger partial charge in [0.25, 0.3) is 0 Å². The standard InChI is InChI=1S/C13H13BrN2O5/c1-3-19-11-5-8(13(17)18)4-9(14)12(11)20-6-10-7(2)15-21-16-10/h4-5H,3,6H2,1-2H3,(H,17,18). The Bertz CT molecular complexity index is 656. The van der Waals surface area contributed by atoms with Gasteiger partial charge in [-0.15, -0.1) is 0 Å². The smallest absolute Gasteiger partial charge is 0.335 e. The number of nitrogens with zero attached hydrogens (tertiary/aromatic N) is 2. The monoisotopic (exact) mass is 356 g/mol. The summed E-state index contributed by atoms with van der Waals surface area (Å²) in [5, 5.41) is 16.4. The molecule has 8 heteroatoms. The number of benzene rings is 1. The number of carbonyl (C=O) groups is 1. The number of halogens is 1. The lowest BCUT2D eigenvalue weighted by Crippen LogP contribution is -2.04. The van der Waals surface area contributed by atoms with Gasteiger partial charge in [-0.3, -0.25) is 0 Å². The zero-order chi connectivity index (χ0) is 15.4. The maximum atomic E-state index is 11.1. The van der Waals surface area contributed by atoms with E-state index in [0.717, 1.165) is 0 Å². The molecule has 0 saturated heterocycles. The Kier molecular flexibility index (Phi) is 4.79. The minimum absolute atomic E-state index is 0.108. The quantitative estimate of drug-likeness (QED) is 0.849. The number of aromatic nitrogens is 2. The minimum Gasteiger partial charge on any atom is -0.490 e. The van der Waals surface area contributed by atoms with Gasteiger partial charge in [-0.05, 0) is 41.9 Å². The molecule has 0 aliphatic rings. The summed E-state index contributed by atoms with van der Waals surface area (Å²) in [6, 6.07) is 2.87. The van der Waals surface area contributed by atoms with Gasteiger partial charge >= 0.3 is 5.97 Å². The van der Waals surface area contributed by atoms with Crippen LogP contribution in [-0.2, 0) is 6.61 Å². The van der Waals surface area contributed by atoms with E-state index in [1.54, 1.807) is 13.8 Å². The number of carboxylic acids is 1. The highest BCUT2D eigenvalue weighted by Crippen LogP contribution is 2.37.